The monoisotopic (exact) mass is 397 g/mol. The van der Waals surface area contributed by atoms with E-state index < -0.39 is 42.8 Å². The first kappa shape index (κ1) is 23.4. The summed E-state index contributed by atoms with van der Waals surface area (Å²) in [5, 5.41) is 14.7. The molecule has 0 heterocycles. The number of anilines is 1. The van der Waals surface area contributed by atoms with Crippen LogP contribution in [0.15, 0.2) is 30.3 Å². The van der Waals surface area contributed by atoms with E-state index in [1.54, 1.807) is 30.3 Å². The number of nitrogens with one attached hydrogen (secondary N) is 2. The molecule has 1 aromatic carbocycles. The number of benzene rings is 1. The second-order valence-corrected chi connectivity index (χ2v) is 6.86. The van der Waals surface area contributed by atoms with E-state index in [4.69, 9.17) is 10.5 Å². The van der Waals surface area contributed by atoms with Crippen LogP contribution < -0.4 is 16.4 Å². The summed E-state index contributed by atoms with van der Waals surface area (Å²) in [5.41, 5.74) is 5.58. The largest absolute Gasteiger partial charge is 0.436 e. The minimum absolute atomic E-state index is 0.0236. The molecule has 3 amide bonds. The van der Waals surface area contributed by atoms with E-state index in [1.165, 1.54) is 0 Å². The van der Waals surface area contributed by atoms with Gasteiger partial charge in [-0.25, -0.2) is 9.18 Å². The molecule has 1 aromatic rings. The van der Waals surface area contributed by atoms with E-state index >= 15 is 0 Å². The van der Waals surface area contributed by atoms with Crippen molar-refractivity contribution in [2.75, 3.05) is 12.0 Å². The number of halogens is 1. The van der Waals surface area contributed by atoms with Gasteiger partial charge >= 0.3 is 6.09 Å². The summed E-state index contributed by atoms with van der Waals surface area (Å²) in [6, 6.07) is 7.55. The maximum atomic E-state index is 12.9. The Morgan fingerprint density at radius 3 is 2.39 bits per heavy atom. The number of carbonyl (C=O) groups is 3. The summed E-state index contributed by atoms with van der Waals surface area (Å²) >= 11 is 0. The Hall–Kier alpha value is -2.68. The molecule has 28 heavy (non-hydrogen) atoms. The zero-order valence-electron chi connectivity index (χ0n) is 16.1. The normalized spacial score (nSPS) is 14.0. The van der Waals surface area contributed by atoms with Gasteiger partial charge in [-0.15, -0.1) is 0 Å². The number of amides is 3. The number of hydrogen-bond donors (Lipinski definition) is 4. The van der Waals surface area contributed by atoms with Crippen LogP contribution in [0, 0.1) is 5.92 Å². The lowest BCUT2D eigenvalue weighted by atomic mass is 10.0. The van der Waals surface area contributed by atoms with Crippen LogP contribution in [0.1, 0.15) is 33.1 Å². The molecule has 3 atom stereocenters. The van der Waals surface area contributed by atoms with Gasteiger partial charge in [0.05, 0.1) is 6.04 Å². The Labute approximate surface area is 163 Å². The first-order valence-electron chi connectivity index (χ1n) is 9.08. The summed E-state index contributed by atoms with van der Waals surface area (Å²) in [6.07, 6.45) is -3.40. The van der Waals surface area contributed by atoms with Crippen molar-refractivity contribution in [1.29, 1.82) is 0 Å². The minimum Gasteiger partial charge on any atom is -0.436 e. The maximum absolute atomic E-state index is 12.9. The average Bonchev–Trinajstić information content (AvgIpc) is 2.63. The number of aliphatic hydroxyl groups is 1. The Kier molecular flexibility index (Phi) is 9.94. The molecule has 1 rings (SSSR count). The number of para-hydroxylation sites is 1. The molecule has 0 aromatic heterocycles. The molecule has 156 valence electrons. The second kappa shape index (κ2) is 11.9. The van der Waals surface area contributed by atoms with Crippen molar-refractivity contribution in [2.24, 2.45) is 11.7 Å². The van der Waals surface area contributed by atoms with Crippen molar-refractivity contribution >= 4 is 23.6 Å². The van der Waals surface area contributed by atoms with E-state index in [1.807, 2.05) is 13.8 Å². The van der Waals surface area contributed by atoms with Crippen LogP contribution in [0.3, 0.4) is 0 Å². The van der Waals surface area contributed by atoms with Crippen LogP contribution in [-0.2, 0) is 14.3 Å². The molecule has 0 bridgehead atoms. The predicted molar refractivity (Wildman–Crippen MR) is 102 cm³/mol. The van der Waals surface area contributed by atoms with Crippen molar-refractivity contribution in [3.05, 3.63) is 30.3 Å². The molecule has 0 saturated carbocycles. The summed E-state index contributed by atoms with van der Waals surface area (Å²) in [4.78, 5) is 35.6. The van der Waals surface area contributed by atoms with E-state index in [-0.39, 0.29) is 25.2 Å². The Morgan fingerprint density at radius 1 is 1.21 bits per heavy atom. The highest BCUT2D eigenvalue weighted by Crippen LogP contribution is 2.13. The first-order valence-corrected chi connectivity index (χ1v) is 9.08. The number of alkyl halides is 1. The van der Waals surface area contributed by atoms with Crippen LogP contribution in [0.25, 0.3) is 0 Å². The molecular formula is C19H28FN3O5. The fourth-order valence-electron chi connectivity index (χ4n) is 2.48. The fraction of sp³-hybridized carbons (Fsp3) is 0.526. The number of primary amides is 1. The standard InChI is InChI=1S/C19H28FN3O5/c1-12(2)10-16(28-19(27)22-13-6-4-3-5-7-13)18(26)23-14(15(24)11-20)8-9-17(21)25/h3-7,12,14-16,24H,8-11H2,1-2H3,(H2,21,25)(H,22,27)(H,23,26)/t14?,15?,16-/m0/s1. The molecule has 9 heteroatoms. The number of nitrogens with two attached hydrogens (primary N) is 1. The average molecular weight is 397 g/mol. The van der Waals surface area contributed by atoms with E-state index in [0.717, 1.165) is 0 Å². The molecule has 0 aliphatic carbocycles. The molecule has 0 aliphatic rings. The highest BCUT2D eigenvalue weighted by atomic mass is 19.1. The van der Waals surface area contributed by atoms with Gasteiger partial charge in [0.1, 0.15) is 12.8 Å². The quantitative estimate of drug-likeness (QED) is 0.452. The molecule has 2 unspecified atom stereocenters. The molecule has 0 aliphatic heterocycles. The van der Waals surface area contributed by atoms with Gasteiger partial charge in [-0.2, -0.15) is 0 Å². The molecule has 5 N–H and O–H groups in total. The van der Waals surface area contributed by atoms with Gasteiger partial charge in [-0.3, -0.25) is 14.9 Å². The number of carbonyl (C=O) groups excluding carboxylic acids is 3. The number of ether oxygens (including phenoxy) is 1. The number of hydrogen-bond acceptors (Lipinski definition) is 5. The second-order valence-electron chi connectivity index (χ2n) is 6.86. The van der Waals surface area contributed by atoms with Gasteiger partial charge in [0.15, 0.2) is 6.10 Å². The third kappa shape index (κ3) is 8.81. The van der Waals surface area contributed by atoms with Crippen molar-refractivity contribution < 1.29 is 28.6 Å². The Morgan fingerprint density at radius 2 is 1.86 bits per heavy atom. The van der Waals surface area contributed by atoms with Crippen molar-refractivity contribution in [3.63, 3.8) is 0 Å². The van der Waals surface area contributed by atoms with Gasteiger partial charge in [-0.1, -0.05) is 32.0 Å². The van der Waals surface area contributed by atoms with Gasteiger partial charge in [0, 0.05) is 12.1 Å². The SMILES string of the molecule is CC(C)C[C@H](OC(=O)Nc1ccccc1)C(=O)NC(CCC(N)=O)C(O)CF. The summed E-state index contributed by atoms with van der Waals surface area (Å²) in [7, 11) is 0. The molecule has 8 nitrogen and oxygen atoms in total. The van der Waals surface area contributed by atoms with Crippen LogP contribution in [0.2, 0.25) is 0 Å². The van der Waals surface area contributed by atoms with Crippen LogP contribution in [0.5, 0.6) is 0 Å². The smallest absolute Gasteiger partial charge is 0.412 e. The van der Waals surface area contributed by atoms with Gasteiger partial charge < -0.3 is 20.9 Å². The summed E-state index contributed by atoms with van der Waals surface area (Å²) in [6.45, 7) is 2.59. The maximum Gasteiger partial charge on any atom is 0.412 e. The van der Waals surface area contributed by atoms with Crippen molar-refractivity contribution in [2.45, 2.75) is 51.4 Å². The highest BCUT2D eigenvalue weighted by molar-refractivity contribution is 5.88. The molecule has 0 fully saturated rings. The van der Waals surface area contributed by atoms with Crippen LogP contribution in [0.4, 0.5) is 14.9 Å². The molecule has 0 saturated heterocycles. The van der Waals surface area contributed by atoms with Gasteiger partial charge in [0.25, 0.3) is 5.91 Å². The molecular weight excluding hydrogens is 369 g/mol. The minimum atomic E-state index is -1.50. The van der Waals surface area contributed by atoms with E-state index in [0.29, 0.717) is 5.69 Å². The fourth-order valence-corrected chi connectivity index (χ4v) is 2.48. The lowest BCUT2D eigenvalue weighted by Gasteiger charge is -2.25. The van der Waals surface area contributed by atoms with Crippen LogP contribution >= 0.6 is 0 Å². The zero-order chi connectivity index (χ0) is 21.1. The van der Waals surface area contributed by atoms with Gasteiger partial charge in [-0.05, 0) is 30.9 Å². The zero-order valence-corrected chi connectivity index (χ0v) is 16.1. The van der Waals surface area contributed by atoms with Crippen molar-refractivity contribution in [1.82, 2.24) is 5.32 Å². The Bertz CT molecular complexity index is 642. The summed E-state index contributed by atoms with van der Waals surface area (Å²) in [5.74, 6) is -1.29. The number of aliphatic hydroxyl groups excluding tert-OH is 1. The van der Waals surface area contributed by atoms with Crippen molar-refractivity contribution in [3.8, 4) is 0 Å². The lowest BCUT2D eigenvalue weighted by molar-refractivity contribution is -0.132. The summed E-state index contributed by atoms with van der Waals surface area (Å²) < 4.78 is 18.1. The van der Waals surface area contributed by atoms with E-state index in [2.05, 4.69) is 10.6 Å². The molecule has 0 spiro atoms. The van der Waals surface area contributed by atoms with Crippen LogP contribution in [-0.4, -0.2) is 47.9 Å². The third-order valence-electron chi connectivity index (χ3n) is 3.90. The van der Waals surface area contributed by atoms with E-state index in [9.17, 15) is 23.9 Å². The first-order chi connectivity index (χ1) is 13.2. The number of rotatable bonds is 11. The Balaban J connectivity index is 2.78. The highest BCUT2D eigenvalue weighted by Gasteiger charge is 2.29. The topological polar surface area (TPSA) is 131 Å². The predicted octanol–water partition coefficient (Wildman–Crippen LogP) is 1.73. The molecule has 0 radical (unpaired) electrons. The lowest BCUT2D eigenvalue weighted by Crippen LogP contribution is -2.49. The third-order valence-corrected chi connectivity index (χ3v) is 3.90. The van der Waals surface area contributed by atoms with Gasteiger partial charge in [0.2, 0.25) is 5.91 Å².